The number of thioether (sulfide) groups is 1. The van der Waals surface area contributed by atoms with Crippen LogP contribution in [0.2, 0.25) is 5.02 Å². The lowest BCUT2D eigenvalue weighted by Gasteiger charge is -2.07. The first kappa shape index (κ1) is 15.9. The van der Waals surface area contributed by atoms with Crippen molar-refractivity contribution in [2.45, 2.75) is 19.6 Å². The lowest BCUT2D eigenvalue weighted by molar-refractivity contribution is -0.113. The van der Waals surface area contributed by atoms with E-state index in [0.29, 0.717) is 5.75 Å². The van der Waals surface area contributed by atoms with Crippen molar-refractivity contribution in [2.24, 2.45) is 0 Å². The van der Waals surface area contributed by atoms with E-state index in [9.17, 15) is 4.79 Å². The van der Waals surface area contributed by atoms with E-state index in [2.05, 4.69) is 12.2 Å². The predicted octanol–water partition coefficient (Wildman–Crippen LogP) is 4.83. The number of carbonyl (C=O) groups excluding carboxylic acids is 1. The average molecular weight is 320 g/mol. The minimum absolute atomic E-state index is 0.0188. The SMILES string of the molecule is Cc1ccc(NC(=O)CSCc2cccc(Cl)c2)cc1C. The highest BCUT2D eigenvalue weighted by Gasteiger charge is 2.04. The van der Waals surface area contributed by atoms with Crippen LogP contribution in [0.25, 0.3) is 0 Å². The molecule has 0 unspecified atom stereocenters. The molecule has 0 fully saturated rings. The minimum Gasteiger partial charge on any atom is -0.325 e. The number of nitrogens with one attached hydrogen (secondary N) is 1. The van der Waals surface area contributed by atoms with E-state index in [1.165, 1.54) is 11.1 Å². The molecule has 0 aliphatic rings. The predicted molar refractivity (Wildman–Crippen MR) is 92.2 cm³/mol. The molecule has 0 atom stereocenters. The number of hydrogen-bond donors (Lipinski definition) is 1. The molecule has 0 aliphatic heterocycles. The molecule has 1 N–H and O–H groups in total. The van der Waals surface area contributed by atoms with Crippen LogP contribution >= 0.6 is 23.4 Å². The highest BCUT2D eigenvalue weighted by molar-refractivity contribution is 7.99. The lowest BCUT2D eigenvalue weighted by Crippen LogP contribution is -2.14. The molecular formula is C17H18ClNOS. The number of rotatable bonds is 5. The Morgan fingerprint density at radius 2 is 1.95 bits per heavy atom. The van der Waals surface area contributed by atoms with Crippen LogP contribution in [0.4, 0.5) is 5.69 Å². The molecular weight excluding hydrogens is 302 g/mol. The molecule has 2 rings (SSSR count). The Balaban J connectivity index is 1.81. The van der Waals surface area contributed by atoms with Gasteiger partial charge in [-0.1, -0.05) is 29.8 Å². The first-order valence-corrected chi connectivity index (χ1v) is 8.27. The smallest absolute Gasteiger partial charge is 0.234 e. The molecule has 0 aliphatic carbocycles. The van der Waals surface area contributed by atoms with E-state index in [0.717, 1.165) is 22.0 Å². The normalized spacial score (nSPS) is 10.4. The zero-order valence-corrected chi connectivity index (χ0v) is 13.7. The summed E-state index contributed by atoms with van der Waals surface area (Å²) < 4.78 is 0. The Kier molecular flexibility index (Phi) is 5.71. The molecule has 2 aromatic carbocycles. The topological polar surface area (TPSA) is 29.1 Å². The standard InChI is InChI=1S/C17H18ClNOS/c1-12-6-7-16(8-13(12)2)19-17(20)11-21-10-14-4-3-5-15(18)9-14/h3-9H,10-11H2,1-2H3,(H,19,20). The fourth-order valence-electron chi connectivity index (χ4n) is 1.90. The third kappa shape index (κ3) is 5.10. The molecule has 0 saturated carbocycles. The third-order valence-corrected chi connectivity index (χ3v) is 4.42. The monoisotopic (exact) mass is 319 g/mol. The molecule has 2 aromatic rings. The summed E-state index contributed by atoms with van der Waals surface area (Å²) in [5, 5.41) is 3.65. The zero-order valence-electron chi connectivity index (χ0n) is 12.2. The quantitative estimate of drug-likeness (QED) is 0.855. The number of hydrogen-bond acceptors (Lipinski definition) is 2. The van der Waals surface area contributed by atoms with E-state index in [1.807, 2.05) is 49.4 Å². The second-order valence-electron chi connectivity index (χ2n) is 4.97. The van der Waals surface area contributed by atoms with Gasteiger partial charge in [0.05, 0.1) is 5.75 Å². The van der Waals surface area contributed by atoms with Gasteiger partial charge in [0.25, 0.3) is 0 Å². The van der Waals surface area contributed by atoms with Crippen molar-refractivity contribution in [2.75, 3.05) is 11.1 Å². The van der Waals surface area contributed by atoms with Gasteiger partial charge in [-0.3, -0.25) is 4.79 Å². The van der Waals surface area contributed by atoms with E-state index in [-0.39, 0.29) is 5.91 Å². The third-order valence-electron chi connectivity index (χ3n) is 3.18. The Hall–Kier alpha value is -1.45. The van der Waals surface area contributed by atoms with E-state index < -0.39 is 0 Å². The Morgan fingerprint density at radius 3 is 2.67 bits per heavy atom. The molecule has 110 valence electrons. The number of halogens is 1. The Labute approximate surface area is 134 Å². The van der Waals surface area contributed by atoms with Crippen molar-refractivity contribution in [3.05, 3.63) is 64.2 Å². The van der Waals surface area contributed by atoms with Gasteiger partial charge in [-0.2, -0.15) is 0 Å². The highest BCUT2D eigenvalue weighted by Crippen LogP contribution is 2.18. The van der Waals surface area contributed by atoms with Crippen LogP contribution in [-0.4, -0.2) is 11.7 Å². The van der Waals surface area contributed by atoms with Crippen molar-refractivity contribution in [3.63, 3.8) is 0 Å². The Bertz CT molecular complexity index is 642. The van der Waals surface area contributed by atoms with Crippen LogP contribution in [0, 0.1) is 13.8 Å². The summed E-state index contributed by atoms with van der Waals surface area (Å²) in [4.78, 5) is 11.9. The molecule has 0 heterocycles. The van der Waals surface area contributed by atoms with Gasteiger partial charge in [-0.25, -0.2) is 0 Å². The largest absolute Gasteiger partial charge is 0.325 e. The van der Waals surface area contributed by atoms with Crippen LogP contribution in [0.3, 0.4) is 0 Å². The summed E-state index contributed by atoms with van der Waals surface area (Å²) >= 11 is 7.51. The summed E-state index contributed by atoms with van der Waals surface area (Å²) in [6.45, 7) is 4.10. The van der Waals surface area contributed by atoms with Crippen molar-refractivity contribution in [1.29, 1.82) is 0 Å². The van der Waals surface area contributed by atoms with E-state index in [1.54, 1.807) is 11.8 Å². The van der Waals surface area contributed by atoms with Gasteiger partial charge in [0, 0.05) is 16.5 Å². The summed E-state index contributed by atoms with van der Waals surface area (Å²) in [5.41, 5.74) is 4.39. The van der Waals surface area contributed by atoms with Crippen molar-refractivity contribution in [1.82, 2.24) is 0 Å². The average Bonchev–Trinajstić information content (AvgIpc) is 2.43. The summed E-state index contributed by atoms with van der Waals surface area (Å²) in [6, 6.07) is 13.7. The molecule has 0 aromatic heterocycles. The highest BCUT2D eigenvalue weighted by atomic mass is 35.5. The van der Waals surface area contributed by atoms with Crippen LogP contribution in [0.15, 0.2) is 42.5 Å². The first-order chi connectivity index (χ1) is 10.0. The van der Waals surface area contributed by atoms with Gasteiger partial charge < -0.3 is 5.32 Å². The second-order valence-corrected chi connectivity index (χ2v) is 6.39. The van der Waals surface area contributed by atoms with Crippen molar-refractivity contribution < 1.29 is 4.79 Å². The van der Waals surface area contributed by atoms with E-state index >= 15 is 0 Å². The maximum atomic E-state index is 11.9. The van der Waals surface area contributed by atoms with E-state index in [4.69, 9.17) is 11.6 Å². The number of aryl methyl sites for hydroxylation is 2. The maximum Gasteiger partial charge on any atom is 0.234 e. The van der Waals surface area contributed by atoms with Crippen LogP contribution in [-0.2, 0) is 10.5 Å². The number of amides is 1. The van der Waals surface area contributed by atoms with Gasteiger partial charge in [0.15, 0.2) is 0 Å². The van der Waals surface area contributed by atoms with Crippen molar-refractivity contribution >= 4 is 35.0 Å². The van der Waals surface area contributed by atoms with Crippen LogP contribution in [0.1, 0.15) is 16.7 Å². The molecule has 2 nitrogen and oxygen atoms in total. The van der Waals surface area contributed by atoms with Gasteiger partial charge in [-0.05, 0) is 54.8 Å². The molecule has 0 bridgehead atoms. The molecule has 1 amide bonds. The van der Waals surface area contributed by atoms with Crippen molar-refractivity contribution in [3.8, 4) is 0 Å². The van der Waals surface area contributed by atoms with Gasteiger partial charge >= 0.3 is 0 Å². The molecule has 0 radical (unpaired) electrons. The van der Waals surface area contributed by atoms with Crippen LogP contribution < -0.4 is 5.32 Å². The number of anilines is 1. The lowest BCUT2D eigenvalue weighted by atomic mass is 10.1. The summed E-state index contributed by atoms with van der Waals surface area (Å²) in [6.07, 6.45) is 0. The second kappa shape index (κ2) is 7.53. The molecule has 21 heavy (non-hydrogen) atoms. The molecule has 0 saturated heterocycles. The fraction of sp³-hybridized carbons (Fsp3) is 0.235. The van der Waals surface area contributed by atoms with Crippen LogP contribution in [0.5, 0.6) is 0 Å². The minimum atomic E-state index is 0.0188. The Morgan fingerprint density at radius 1 is 1.14 bits per heavy atom. The molecule has 0 spiro atoms. The number of benzene rings is 2. The molecule has 4 heteroatoms. The maximum absolute atomic E-state index is 11.9. The zero-order chi connectivity index (χ0) is 15.2. The summed E-state index contributed by atoms with van der Waals surface area (Å²) in [5.74, 6) is 1.23. The van der Waals surface area contributed by atoms with Gasteiger partial charge in [0.2, 0.25) is 5.91 Å². The summed E-state index contributed by atoms with van der Waals surface area (Å²) in [7, 11) is 0. The van der Waals surface area contributed by atoms with Gasteiger partial charge in [-0.15, -0.1) is 11.8 Å². The van der Waals surface area contributed by atoms with Gasteiger partial charge in [0.1, 0.15) is 0 Å². The fourth-order valence-corrected chi connectivity index (χ4v) is 2.89. The number of carbonyl (C=O) groups is 1. The first-order valence-electron chi connectivity index (χ1n) is 6.74.